The van der Waals surface area contributed by atoms with Crippen LogP contribution in [-0.2, 0) is 19.6 Å². The van der Waals surface area contributed by atoms with Crippen LogP contribution < -0.4 is 4.31 Å². The molecule has 0 aromatic heterocycles. The van der Waals surface area contributed by atoms with Gasteiger partial charge in [0.25, 0.3) is 0 Å². The summed E-state index contributed by atoms with van der Waals surface area (Å²) < 4.78 is 30.9. The summed E-state index contributed by atoms with van der Waals surface area (Å²) in [6.07, 6.45) is 1.42. The van der Waals surface area contributed by atoms with Gasteiger partial charge in [-0.05, 0) is 24.5 Å². The van der Waals surface area contributed by atoms with E-state index >= 15 is 0 Å². The van der Waals surface area contributed by atoms with Gasteiger partial charge in [0, 0.05) is 0 Å². The second kappa shape index (κ2) is 4.23. The number of hydrogen-bond donors (Lipinski definition) is 0. The molecular weight excluding hydrogens is 266 g/mol. The fraction of sp³-hybridized carbons (Fsp3) is 0.462. The molecule has 1 aromatic carbocycles. The average Bonchev–Trinajstić information content (AvgIpc) is 3.19. The number of methoxy groups -OCH3 is 1. The first-order valence-electron chi connectivity index (χ1n) is 6.24. The van der Waals surface area contributed by atoms with Crippen molar-refractivity contribution in [3.05, 3.63) is 29.8 Å². The third-order valence-corrected chi connectivity index (χ3v) is 5.94. The maximum atomic E-state index is 12.4. The van der Waals surface area contributed by atoms with E-state index in [2.05, 4.69) is 0 Å². The van der Waals surface area contributed by atoms with Crippen LogP contribution in [0.5, 0.6) is 0 Å². The summed E-state index contributed by atoms with van der Waals surface area (Å²) in [4.78, 5) is 11.8. The Morgan fingerprint density at radius 3 is 2.63 bits per heavy atom. The van der Waals surface area contributed by atoms with Crippen molar-refractivity contribution >= 4 is 21.7 Å². The Morgan fingerprint density at radius 2 is 2.00 bits per heavy atom. The molecule has 0 bridgehead atoms. The standard InChI is InChI=1S/C13H15NO4S/c1-18-13(15)11-8-14(19(16,17)9-6-7-9)12-5-3-2-4-10(11)12/h2-5,9,11H,6-8H2,1H3. The van der Waals surface area contributed by atoms with Crippen LogP contribution in [0.15, 0.2) is 24.3 Å². The lowest BCUT2D eigenvalue weighted by Gasteiger charge is -2.19. The summed E-state index contributed by atoms with van der Waals surface area (Å²) in [6, 6.07) is 7.13. The van der Waals surface area contributed by atoms with Crippen molar-refractivity contribution < 1.29 is 17.9 Å². The Bertz CT molecular complexity index is 621. The molecule has 0 amide bonds. The maximum Gasteiger partial charge on any atom is 0.315 e. The maximum absolute atomic E-state index is 12.4. The van der Waals surface area contributed by atoms with Crippen molar-refractivity contribution in [2.24, 2.45) is 0 Å². The highest BCUT2D eigenvalue weighted by atomic mass is 32.2. The lowest BCUT2D eigenvalue weighted by molar-refractivity contribution is -0.141. The van der Waals surface area contributed by atoms with Crippen LogP contribution in [0.2, 0.25) is 0 Å². The largest absolute Gasteiger partial charge is 0.468 e. The molecule has 0 radical (unpaired) electrons. The molecule has 1 aliphatic carbocycles. The van der Waals surface area contributed by atoms with Gasteiger partial charge in [-0.15, -0.1) is 0 Å². The number of rotatable bonds is 3. The predicted octanol–water partition coefficient (Wildman–Crippen LogP) is 1.26. The fourth-order valence-corrected chi connectivity index (χ4v) is 4.39. The zero-order valence-corrected chi connectivity index (χ0v) is 11.4. The highest BCUT2D eigenvalue weighted by Gasteiger charge is 2.46. The Labute approximate surface area is 112 Å². The van der Waals surface area contributed by atoms with E-state index in [4.69, 9.17) is 4.74 Å². The van der Waals surface area contributed by atoms with Crippen LogP contribution in [0, 0.1) is 0 Å². The van der Waals surface area contributed by atoms with Crippen LogP contribution >= 0.6 is 0 Å². The number of anilines is 1. The molecule has 1 unspecified atom stereocenters. The summed E-state index contributed by atoms with van der Waals surface area (Å²) in [6.45, 7) is 0.158. The van der Waals surface area contributed by atoms with Gasteiger partial charge in [-0.25, -0.2) is 8.42 Å². The monoisotopic (exact) mass is 281 g/mol. The van der Waals surface area contributed by atoms with Gasteiger partial charge in [-0.1, -0.05) is 18.2 Å². The highest BCUT2D eigenvalue weighted by Crippen LogP contribution is 2.42. The van der Waals surface area contributed by atoms with Gasteiger partial charge in [-0.3, -0.25) is 9.10 Å². The number of carbonyl (C=O) groups is 1. The normalized spacial score (nSPS) is 22.2. The van der Waals surface area contributed by atoms with Gasteiger partial charge >= 0.3 is 5.97 Å². The van der Waals surface area contributed by atoms with E-state index in [1.54, 1.807) is 18.2 Å². The molecule has 2 aliphatic rings. The molecule has 1 aromatic rings. The molecule has 102 valence electrons. The SMILES string of the molecule is COC(=O)C1CN(S(=O)(=O)C2CC2)c2ccccc21. The quantitative estimate of drug-likeness (QED) is 0.782. The van der Waals surface area contributed by atoms with E-state index < -0.39 is 15.9 Å². The Kier molecular flexibility index (Phi) is 2.78. The molecule has 19 heavy (non-hydrogen) atoms. The highest BCUT2D eigenvalue weighted by molar-refractivity contribution is 7.93. The molecule has 1 atom stereocenters. The van der Waals surface area contributed by atoms with E-state index in [1.165, 1.54) is 11.4 Å². The molecule has 3 rings (SSSR count). The number of carbonyl (C=O) groups excluding carboxylic acids is 1. The Morgan fingerprint density at radius 1 is 1.32 bits per heavy atom. The average molecular weight is 281 g/mol. The lowest BCUT2D eigenvalue weighted by atomic mass is 10.0. The van der Waals surface area contributed by atoms with Crippen molar-refractivity contribution in [3.8, 4) is 0 Å². The number of para-hydroxylation sites is 1. The molecule has 1 fully saturated rings. The van der Waals surface area contributed by atoms with Crippen molar-refractivity contribution in [1.29, 1.82) is 0 Å². The van der Waals surface area contributed by atoms with Crippen LogP contribution in [-0.4, -0.2) is 33.3 Å². The second-order valence-electron chi connectivity index (χ2n) is 4.91. The zero-order chi connectivity index (χ0) is 13.6. The van der Waals surface area contributed by atoms with E-state index in [9.17, 15) is 13.2 Å². The van der Waals surface area contributed by atoms with Crippen molar-refractivity contribution in [2.45, 2.75) is 24.0 Å². The molecule has 6 heteroatoms. The van der Waals surface area contributed by atoms with Gasteiger partial charge < -0.3 is 4.74 Å². The number of hydrogen-bond acceptors (Lipinski definition) is 4. The molecule has 0 N–H and O–H groups in total. The van der Waals surface area contributed by atoms with Crippen LogP contribution in [0.1, 0.15) is 24.3 Å². The number of fused-ring (bicyclic) bond motifs is 1. The Balaban J connectivity index is 2.04. The zero-order valence-electron chi connectivity index (χ0n) is 10.6. The van der Waals surface area contributed by atoms with Gasteiger partial charge in [0.2, 0.25) is 10.0 Å². The third kappa shape index (κ3) is 1.90. The van der Waals surface area contributed by atoms with Crippen LogP contribution in [0.25, 0.3) is 0 Å². The number of esters is 1. The number of sulfonamides is 1. The minimum Gasteiger partial charge on any atom is -0.468 e. The fourth-order valence-electron chi connectivity index (χ4n) is 2.50. The molecular formula is C13H15NO4S. The summed E-state index contributed by atoms with van der Waals surface area (Å²) >= 11 is 0. The molecule has 1 saturated carbocycles. The molecule has 5 nitrogen and oxygen atoms in total. The molecule has 1 aliphatic heterocycles. The van der Waals surface area contributed by atoms with Crippen molar-refractivity contribution in [3.63, 3.8) is 0 Å². The smallest absolute Gasteiger partial charge is 0.315 e. The summed E-state index contributed by atoms with van der Waals surface area (Å²) in [7, 11) is -2.01. The number of nitrogens with zero attached hydrogens (tertiary/aromatic N) is 1. The predicted molar refractivity (Wildman–Crippen MR) is 70.5 cm³/mol. The first-order chi connectivity index (χ1) is 9.05. The van der Waals surface area contributed by atoms with Crippen molar-refractivity contribution in [2.75, 3.05) is 18.0 Å². The first-order valence-corrected chi connectivity index (χ1v) is 7.74. The summed E-state index contributed by atoms with van der Waals surface area (Å²) in [5, 5.41) is -0.281. The Hall–Kier alpha value is -1.56. The first kappa shape index (κ1) is 12.5. The topological polar surface area (TPSA) is 63.7 Å². The third-order valence-electron chi connectivity index (χ3n) is 3.67. The van der Waals surface area contributed by atoms with Gasteiger partial charge in [-0.2, -0.15) is 0 Å². The second-order valence-corrected chi connectivity index (χ2v) is 7.05. The number of benzene rings is 1. The molecule has 0 saturated heterocycles. The minimum absolute atomic E-state index is 0.158. The van der Waals surface area contributed by atoms with E-state index in [0.29, 0.717) is 18.5 Å². The van der Waals surface area contributed by atoms with Crippen LogP contribution in [0.3, 0.4) is 0 Å². The van der Waals surface area contributed by atoms with Gasteiger partial charge in [0.15, 0.2) is 0 Å². The van der Waals surface area contributed by atoms with Gasteiger partial charge in [0.05, 0.1) is 24.6 Å². The summed E-state index contributed by atoms with van der Waals surface area (Å²) in [5.74, 6) is -0.907. The summed E-state index contributed by atoms with van der Waals surface area (Å²) in [5.41, 5.74) is 1.35. The van der Waals surface area contributed by atoms with Crippen molar-refractivity contribution in [1.82, 2.24) is 0 Å². The van der Waals surface area contributed by atoms with E-state index in [0.717, 1.165) is 5.56 Å². The van der Waals surface area contributed by atoms with Gasteiger partial charge in [0.1, 0.15) is 5.92 Å². The minimum atomic E-state index is -3.33. The van der Waals surface area contributed by atoms with E-state index in [1.807, 2.05) is 6.07 Å². The van der Waals surface area contributed by atoms with Crippen LogP contribution in [0.4, 0.5) is 5.69 Å². The van der Waals surface area contributed by atoms with E-state index in [-0.39, 0.29) is 17.8 Å². The molecule has 0 spiro atoms. The number of ether oxygens (including phenoxy) is 1. The lowest BCUT2D eigenvalue weighted by Crippen LogP contribution is -2.34. The molecule has 1 heterocycles.